The van der Waals surface area contributed by atoms with E-state index in [2.05, 4.69) is 23.8 Å². The fourth-order valence-electron chi connectivity index (χ4n) is 2.57. The first-order valence-corrected chi connectivity index (χ1v) is 10.3. The molecule has 0 aliphatic heterocycles. The summed E-state index contributed by atoms with van der Waals surface area (Å²) in [6.45, 7) is 1.37. The van der Waals surface area contributed by atoms with E-state index in [-0.39, 0.29) is 6.42 Å². The number of carbonyl (C=O) groups excluding carboxylic acids is 3. The Bertz CT molecular complexity index is 444. The molecule has 0 rings (SSSR count). The lowest BCUT2D eigenvalue weighted by Crippen LogP contribution is -2.31. The number of aliphatic hydroxyl groups excluding tert-OH is 2. The third-order valence-corrected chi connectivity index (χ3v) is 4.28. The summed E-state index contributed by atoms with van der Waals surface area (Å²) in [6, 6.07) is 0. The van der Waals surface area contributed by atoms with Gasteiger partial charge in [-0.2, -0.15) is 0 Å². The fraction of sp³-hybridized carbons (Fsp3) is 0.762. The van der Waals surface area contributed by atoms with Crippen molar-refractivity contribution in [2.75, 3.05) is 6.61 Å². The summed E-state index contributed by atoms with van der Waals surface area (Å²) in [5, 5.41) is 17.5. The molecule has 27 heavy (non-hydrogen) atoms. The van der Waals surface area contributed by atoms with E-state index in [9.17, 15) is 14.4 Å². The molecule has 1 unspecified atom stereocenters. The number of rotatable bonds is 17. The molecule has 6 heteroatoms. The smallest absolute Gasteiger partial charge is 0.382 e. The Balaban J connectivity index is 3.52. The third kappa shape index (κ3) is 15.2. The molecule has 0 saturated carbocycles. The van der Waals surface area contributed by atoms with Gasteiger partial charge in [0.15, 0.2) is 6.10 Å². The maximum atomic E-state index is 11.5. The van der Waals surface area contributed by atoms with Gasteiger partial charge >= 0.3 is 11.9 Å². The van der Waals surface area contributed by atoms with E-state index in [1.54, 1.807) is 0 Å². The van der Waals surface area contributed by atoms with E-state index in [1.165, 1.54) is 38.5 Å². The number of hydrogen-bond acceptors (Lipinski definition) is 6. The zero-order chi connectivity index (χ0) is 20.3. The van der Waals surface area contributed by atoms with Crippen LogP contribution in [0.25, 0.3) is 0 Å². The molecule has 0 amide bonds. The standard InChI is InChI=1S/C21H36O6/c1-2-3-4-5-6-7-8-9-10-11-12-13-14-15-16-18(23)20(25)27-21(26)19(24)17-22/h9-10,19,22,24H,2-8,11-17H2,1H3/b10-9-. The molecule has 0 saturated heterocycles. The van der Waals surface area contributed by atoms with Gasteiger partial charge in [-0.1, -0.05) is 64.0 Å². The number of aliphatic hydroxyl groups is 2. The first-order chi connectivity index (χ1) is 13.0. The summed E-state index contributed by atoms with van der Waals surface area (Å²) in [4.78, 5) is 33.9. The maximum absolute atomic E-state index is 11.5. The summed E-state index contributed by atoms with van der Waals surface area (Å²) >= 11 is 0. The third-order valence-electron chi connectivity index (χ3n) is 4.28. The van der Waals surface area contributed by atoms with Crippen molar-refractivity contribution in [2.24, 2.45) is 0 Å². The number of ether oxygens (including phenoxy) is 1. The molecule has 156 valence electrons. The monoisotopic (exact) mass is 384 g/mol. The summed E-state index contributed by atoms with van der Waals surface area (Å²) in [6.07, 6.45) is 16.2. The molecule has 0 heterocycles. The van der Waals surface area contributed by atoms with Gasteiger partial charge in [0.05, 0.1) is 6.61 Å². The van der Waals surface area contributed by atoms with Gasteiger partial charge in [-0.15, -0.1) is 0 Å². The quantitative estimate of drug-likeness (QED) is 0.131. The predicted molar refractivity (Wildman–Crippen MR) is 104 cm³/mol. The predicted octanol–water partition coefficient (Wildman–Crippen LogP) is 3.63. The topological polar surface area (TPSA) is 101 Å². The molecule has 0 radical (unpaired) electrons. The number of esters is 2. The Kier molecular flexibility index (Phi) is 16.9. The van der Waals surface area contributed by atoms with E-state index in [0.29, 0.717) is 6.42 Å². The van der Waals surface area contributed by atoms with Gasteiger partial charge in [-0.25, -0.2) is 9.59 Å². The highest BCUT2D eigenvalue weighted by atomic mass is 16.6. The molecule has 0 aliphatic carbocycles. The highest BCUT2D eigenvalue weighted by Crippen LogP contribution is 2.09. The van der Waals surface area contributed by atoms with Crippen molar-refractivity contribution in [3.8, 4) is 0 Å². The Morgan fingerprint density at radius 3 is 1.93 bits per heavy atom. The van der Waals surface area contributed by atoms with Gasteiger partial charge in [0.2, 0.25) is 5.78 Å². The Morgan fingerprint density at radius 1 is 0.852 bits per heavy atom. The van der Waals surface area contributed by atoms with Crippen LogP contribution in [-0.2, 0) is 19.1 Å². The molecule has 0 aromatic carbocycles. The number of carbonyl (C=O) groups is 3. The van der Waals surface area contributed by atoms with Crippen LogP contribution in [0.15, 0.2) is 12.2 Å². The average Bonchev–Trinajstić information content (AvgIpc) is 2.67. The molecule has 2 N–H and O–H groups in total. The molecular formula is C21H36O6. The fourth-order valence-corrected chi connectivity index (χ4v) is 2.57. The van der Waals surface area contributed by atoms with Crippen molar-refractivity contribution in [3.05, 3.63) is 12.2 Å². The minimum atomic E-state index is -1.80. The van der Waals surface area contributed by atoms with Crippen LogP contribution in [0.3, 0.4) is 0 Å². The molecule has 1 atom stereocenters. The van der Waals surface area contributed by atoms with E-state index in [0.717, 1.165) is 32.1 Å². The van der Waals surface area contributed by atoms with Crippen LogP contribution >= 0.6 is 0 Å². The number of Topliss-reactive ketones (excluding diaryl/α,β-unsaturated/α-hetero) is 1. The minimum absolute atomic E-state index is 0.0230. The number of unbranched alkanes of at least 4 members (excludes halogenated alkanes) is 10. The lowest BCUT2D eigenvalue weighted by atomic mass is 10.1. The SMILES string of the molecule is CCCCCCCC/C=C\CCCCCCC(=O)C(=O)OC(=O)C(O)CO. The van der Waals surface area contributed by atoms with Gasteiger partial charge in [0.1, 0.15) is 0 Å². The van der Waals surface area contributed by atoms with Crippen LogP contribution in [0.1, 0.15) is 90.4 Å². The second-order valence-corrected chi connectivity index (χ2v) is 6.81. The molecule has 0 aromatic rings. The van der Waals surface area contributed by atoms with Crippen LogP contribution in [0.2, 0.25) is 0 Å². The molecule has 0 bridgehead atoms. The molecule has 0 spiro atoms. The first-order valence-electron chi connectivity index (χ1n) is 10.3. The molecule has 6 nitrogen and oxygen atoms in total. The summed E-state index contributed by atoms with van der Waals surface area (Å²) in [5.41, 5.74) is 0. The van der Waals surface area contributed by atoms with Crippen molar-refractivity contribution in [3.63, 3.8) is 0 Å². The van der Waals surface area contributed by atoms with Crippen molar-refractivity contribution in [2.45, 2.75) is 96.5 Å². The highest BCUT2D eigenvalue weighted by molar-refractivity contribution is 6.35. The number of hydrogen-bond donors (Lipinski definition) is 2. The van der Waals surface area contributed by atoms with Crippen LogP contribution in [0, 0.1) is 0 Å². The van der Waals surface area contributed by atoms with Crippen LogP contribution in [-0.4, -0.2) is 40.6 Å². The zero-order valence-corrected chi connectivity index (χ0v) is 16.7. The second kappa shape index (κ2) is 17.9. The Labute approximate surface area is 163 Å². The van der Waals surface area contributed by atoms with E-state index < -0.39 is 30.4 Å². The number of ketones is 1. The largest absolute Gasteiger partial charge is 0.393 e. The van der Waals surface area contributed by atoms with Crippen LogP contribution in [0.4, 0.5) is 0 Å². The van der Waals surface area contributed by atoms with Gasteiger partial charge in [0.25, 0.3) is 0 Å². The van der Waals surface area contributed by atoms with Gasteiger partial charge in [0, 0.05) is 6.42 Å². The van der Waals surface area contributed by atoms with Gasteiger partial charge in [-0.05, 0) is 32.1 Å². The maximum Gasteiger partial charge on any atom is 0.382 e. The van der Waals surface area contributed by atoms with E-state index >= 15 is 0 Å². The molecule has 0 aromatic heterocycles. The van der Waals surface area contributed by atoms with E-state index in [1.807, 2.05) is 0 Å². The normalized spacial score (nSPS) is 12.3. The Hall–Kier alpha value is -1.53. The molecular weight excluding hydrogens is 348 g/mol. The van der Waals surface area contributed by atoms with Crippen LogP contribution < -0.4 is 0 Å². The van der Waals surface area contributed by atoms with Crippen molar-refractivity contribution in [1.29, 1.82) is 0 Å². The van der Waals surface area contributed by atoms with E-state index in [4.69, 9.17) is 10.2 Å². The highest BCUT2D eigenvalue weighted by Gasteiger charge is 2.23. The van der Waals surface area contributed by atoms with Crippen molar-refractivity contribution >= 4 is 17.7 Å². The van der Waals surface area contributed by atoms with Gasteiger partial charge in [-0.3, -0.25) is 4.79 Å². The van der Waals surface area contributed by atoms with Crippen molar-refractivity contribution < 1.29 is 29.3 Å². The minimum Gasteiger partial charge on any atom is -0.393 e. The van der Waals surface area contributed by atoms with Crippen molar-refractivity contribution in [1.82, 2.24) is 0 Å². The Morgan fingerprint density at radius 2 is 1.37 bits per heavy atom. The zero-order valence-electron chi connectivity index (χ0n) is 16.7. The first kappa shape index (κ1) is 25.5. The van der Waals surface area contributed by atoms with Gasteiger partial charge < -0.3 is 14.9 Å². The molecule has 0 fully saturated rings. The summed E-state index contributed by atoms with van der Waals surface area (Å²) < 4.78 is 4.19. The lowest BCUT2D eigenvalue weighted by Gasteiger charge is -2.05. The van der Waals surface area contributed by atoms with Crippen LogP contribution in [0.5, 0.6) is 0 Å². The summed E-state index contributed by atoms with van der Waals surface area (Å²) in [7, 11) is 0. The second-order valence-electron chi connectivity index (χ2n) is 6.81. The summed E-state index contributed by atoms with van der Waals surface area (Å²) in [5.74, 6) is -3.36. The number of allylic oxidation sites excluding steroid dienone is 2. The average molecular weight is 385 g/mol. The lowest BCUT2D eigenvalue weighted by molar-refractivity contribution is -0.170. The molecule has 0 aliphatic rings.